The Hall–Kier alpha value is -2.58. The van der Waals surface area contributed by atoms with Crippen molar-refractivity contribution in [3.63, 3.8) is 0 Å². The first kappa shape index (κ1) is 22.7. The summed E-state index contributed by atoms with van der Waals surface area (Å²) in [6.45, 7) is 5.58. The minimum Gasteiger partial charge on any atom is -0.489 e. The summed E-state index contributed by atoms with van der Waals surface area (Å²) < 4.78 is 42.6. The molecule has 1 amide bonds. The lowest BCUT2D eigenvalue weighted by molar-refractivity contribution is 0.0502. The van der Waals surface area contributed by atoms with E-state index in [0.29, 0.717) is 17.9 Å². The fraction of sp³-hybridized carbons (Fsp3) is 0.381. The van der Waals surface area contributed by atoms with Gasteiger partial charge in [0.15, 0.2) is 0 Å². The lowest BCUT2D eigenvalue weighted by Crippen LogP contribution is -2.35. The second-order valence-corrected chi connectivity index (χ2v) is 9.19. The number of ether oxygens (including phenoxy) is 2. The average Bonchev–Trinajstić information content (AvgIpc) is 2.62. The van der Waals surface area contributed by atoms with E-state index in [1.807, 2.05) is 30.3 Å². The molecule has 0 bridgehead atoms. The molecule has 8 heteroatoms. The van der Waals surface area contributed by atoms with Crippen molar-refractivity contribution < 1.29 is 27.2 Å². The molecule has 0 heterocycles. The van der Waals surface area contributed by atoms with Gasteiger partial charge in [-0.3, -0.25) is 4.55 Å². The van der Waals surface area contributed by atoms with Crippen LogP contribution >= 0.6 is 0 Å². The van der Waals surface area contributed by atoms with Crippen molar-refractivity contribution in [1.82, 2.24) is 5.32 Å². The zero-order valence-corrected chi connectivity index (χ0v) is 17.6. The zero-order chi connectivity index (χ0) is 21.5. The Kier molecular flexibility index (Phi) is 7.64. The van der Waals surface area contributed by atoms with E-state index in [0.717, 1.165) is 5.56 Å². The van der Waals surface area contributed by atoms with Crippen molar-refractivity contribution >= 4 is 16.2 Å². The van der Waals surface area contributed by atoms with E-state index < -0.39 is 33.6 Å². The van der Waals surface area contributed by atoms with Gasteiger partial charge in [0, 0.05) is 0 Å². The molecule has 0 aliphatic rings. The molecule has 2 N–H and O–H groups in total. The minimum absolute atomic E-state index is 0.0137. The van der Waals surface area contributed by atoms with Crippen molar-refractivity contribution in [2.45, 2.75) is 45.4 Å². The molecule has 0 radical (unpaired) electrons. The number of carbonyl (C=O) groups is 1. The monoisotopic (exact) mass is 421 g/mol. The number of hydrogen-bond acceptors (Lipinski definition) is 5. The van der Waals surface area contributed by atoms with Gasteiger partial charge in [0.1, 0.15) is 18.0 Å². The van der Waals surface area contributed by atoms with Gasteiger partial charge in [-0.1, -0.05) is 42.5 Å². The fourth-order valence-electron chi connectivity index (χ4n) is 2.60. The van der Waals surface area contributed by atoms with Crippen molar-refractivity contribution in [2.24, 2.45) is 0 Å². The topological polar surface area (TPSA) is 102 Å². The summed E-state index contributed by atoms with van der Waals surface area (Å²) in [6.07, 6.45) is -0.686. The molecular weight excluding hydrogens is 394 g/mol. The first-order chi connectivity index (χ1) is 13.5. The van der Waals surface area contributed by atoms with E-state index in [1.165, 1.54) is 0 Å². The van der Waals surface area contributed by atoms with Crippen molar-refractivity contribution in [2.75, 3.05) is 5.75 Å². The maximum atomic E-state index is 12.2. The van der Waals surface area contributed by atoms with Crippen LogP contribution in [-0.4, -0.2) is 30.4 Å². The highest BCUT2D eigenvalue weighted by atomic mass is 32.2. The van der Waals surface area contributed by atoms with Crippen molar-refractivity contribution in [3.05, 3.63) is 65.7 Å². The molecule has 0 saturated heterocycles. The number of hydrogen-bond donors (Lipinski definition) is 2. The molecule has 0 aliphatic carbocycles. The second-order valence-electron chi connectivity index (χ2n) is 7.62. The molecule has 2 aromatic rings. The Balaban J connectivity index is 2.14. The van der Waals surface area contributed by atoms with Gasteiger partial charge < -0.3 is 14.8 Å². The summed E-state index contributed by atoms with van der Waals surface area (Å²) in [7, 11) is -4.18. The third kappa shape index (κ3) is 8.97. The minimum atomic E-state index is -4.18. The summed E-state index contributed by atoms with van der Waals surface area (Å²) in [5, 5.41) is 2.67. The van der Waals surface area contributed by atoms with Gasteiger partial charge >= 0.3 is 6.09 Å². The highest BCUT2D eigenvalue weighted by Crippen LogP contribution is 2.24. The molecule has 0 spiro atoms. The summed E-state index contributed by atoms with van der Waals surface area (Å²) in [5.41, 5.74) is 0.955. The predicted octanol–water partition coefficient (Wildman–Crippen LogP) is 4.11. The van der Waals surface area contributed by atoms with Crippen LogP contribution in [0.2, 0.25) is 0 Å². The predicted molar refractivity (Wildman–Crippen MR) is 110 cm³/mol. The molecular formula is C21H27NO6S. The third-order valence-electron chi connectivity index (χ3n) is 3.86. The van der Waals surface area contributed by atoms with Gasteiger partial charge in [0.25, 0.3) is 10.1 Å². The van der Waals surface area contributed by atoms with Crippen LogP contribution in [0, 0.1) is 0 Å². The van der Waals surface area contributed by atoms with Gasteiger partial charge in [-0.15, -0.1) is 0 Å². The second kappa shape index (κ2) is 9.76. The summed E-state index contributed by atoms with van der Waals surface area (Å²) in [4.78, 5) is 12.2. The maximum Gasteiger partial charge on any atom is 0.408 e. The molecule has 0 aliphatic heterocycles. The first-order valence-corrected chi connectivity index (χ1v) is 10.8. The first-order valence-electron chi connectivity index (χ1n) is 9.23. The molecule has 0 fully saturated rings. The standard InChI is InChI=1S/C21H27NO6S/c1-21(2,3)28-20(23)22-19(12-13-29(24,25)26)17-10-7-11-18(14-17)27-15-16-8-5-4-6-9-16/h4-11,14,19H,12-13,15H2,1-3H3,(H,22,23)(H,24,25,26). The summed E-state index contributed by atoms with van der Waals surface area (Å²) in [5.74, 6) is 0.0805. The number of carbonyl (C=O) groups excluding carboxylic acids is 1. The smallest absolute Gasteiger partial charge is 0.408 e. The van der Waals surface area contributed by atoms with Crippen LogP contribution in [0.3, 0.4) is 0 Å². The highest BCUT2D eigenvalue weighted by Gasteiger charge is 2.22. The van der Waals surface area contributed by atoms with Gasteiger partial charge in [0.05, 0.1) is 11.8 Å². The number of amides is 1. The quantitative estimate of drug-likeness (QED) is 0.622. The number of rotatable bonds is 8. The molecule has 29 heavy (non-hydrogen) atoms. The van der Waals surface area contributed by atoms with E-state index in [-0.39, 0.29) is 6.42 Å². The van der Waals surface area contributed by atoms with Crippen LogP contribution < -0.4 is 10.1 Å². The molecule has 7 nitrogen and oxygen atoms in total. The molecule has 0 aromatic heterocycles. The van der Waals surface area contributed by atoms with Crippen LogP contribution in [0.15, 0.2) is 54.6 Å². The third-order valence-corrected chi connectivity index (χ3v) is 4.62. The number of nitrogens with one attached hydrogen (secondary N) is 1. The van der Waals surface area contributed by atoms with Crippen molar-refractivity contribution in [3.8, 4) is 5.75 Å². The molecule has 2 aromatic carbocycles. The van der Waals surface area contributed by atoms with Crippen LogP contribution in [0.1, 0.15) is 44.4 Å². The Morgan fingerprint density at radius 1 is 1.10 bits per heavy atom. The van der Waals surface area contributed by atoms with E-state index in [1.54, 1.807) is 45.0 Å². The van der Waals surface area contributed by atoms with Gasteiger partial charge in [-0.2, -0.15) is 8.42 Å². The van der Waals surface area contributed by atoms with E-state index in [9.17, 15) is 13.2 Å². The van der Waals surface area contributed by atoms with E-state index in [2.05, 4.69) is 5.32 Å². The lowest BCUT2D eigenvalue weighted by Gasteiger charge is -2.24. The Morgan fingerprint density at radius 3 is 2.41 bits per heavy atom. The van der Waals surface area contributed by atoms with Gasteiger partial charge in [-0.05, 0) is 50.5 Å². The number of alkyl carbamates (subject to hydrolysis) is 1. The largest absolute Gasteiger partial charge is 0.489 e. The normalized spacial score (nSPS) is 12.8. The summed E-state index contributed by atoms with van der Waals surface area (Å²) >= 11 is 0. The van der Waals surface area contributed by atoms with Crippen LogP contribution in [0.5, 0.6) is 5.75 Å². The molecule has 1 atom stereocenters. The molecule has 158 valence electrons. The van der Waals surface area contributed by atoms with E-state index in [4.69, 9.17) is 14.0 Å². The fourth-order valence-corrected chi connectivity index (χ4v) is 3.13. The molecule has 2 rings (SSSR count). The van der Waals surface area contributed by atoms with Crippen molar-refractivity contribution in [1.29, 1.82) is 0 Å². The van der Waals surface area contributed by atoms with Gasteiger partial charge in [0.2, 0.25) is 0 Å². The Bertz CT molecular complexity index is 906. The van der Waals surface area contributed by atoms with Crippen LogP contribution in [-0.2, 0) is 21.5 Å². The van der Waals surface area contributed by atoms with E-state index >= 15 is 0 Å². The SMILES string of the molecule is CC(C)(C)OC(=O)NC(CCS(=O)(=O)O)c1cccc(OCc2ccccc2)c1. The molecule has 1 unspecified atom stereocenters. The Labute approximate surface area is 171 Å². The zero-order valence-electron chi connectivity index (χ0n) is 16.8. The number of benzene rings is 2. The maximum absolute atomic E-state index is 12.2. The highest BCUT2D eigenvalue weighted by molar-refractivity contribution is 7.85. The van der Waals surface area contributed by atoms with Gasteiger partial charge in [-0.25, -0.2) is 4.79 Å². The van der Waals surface area contributed by atoms with Crippen LogP contribution in [0.25, 0.3) is 0 Å². The summed E-state index contributed by atoms with van der Waals surface area (Å²) in [6, 6.07) is 16.0. The average molecular weight is 422 g/mol. The lowest BCUT2D eigenvalue weighted by atomic mass is 10.0. The Morgan fingerprint density at radius 2 is 1.79 bits per heavy atom. The van der Waals surface area contributed by atoms with Crippen LogP contribution in [0.4, 0.5) is 4.79 Å². The molecule has 0 saturated carbocycles.